The summed E-state index contributed by atoms with van der Waals surface area (Å²) in [6.07, 6.45) is 6.34. The molecule has 0 N–H and O–H groups in total. The topological polar surface area (TPSA) is 61.0 Å². The molecule has 1 aromatic carbocycles. The Balaban J connectivity index is 1.60. The highest BCUT2D eigenvalue weighted by Crippen LogP contribution is 2.32. The SMILES string of the molecule is COc1cccc2nc(-c3ccc(N4CCCC4C)nc3)n(Cc3ccn(C)n3)c12. The average Bonchev–Trinajstić information content (AvgIpc) is 3.47. The van der Waals surface area contributed by atoms with Crippen LogP contribution in [0.3, 0.4) is 0 Å². The van der Waals surface area contributed by atoms with Crippen LogP contribution < -0.4 is 9.64 Å². The van der Waals surface area contributed by atoms with Crippen molar-refractivity contribution in [1.82, 2.24) is 24.3 Å². The fraction of sp³-hybridized carbons (Fsp3) is 0.348. The molecule has 0 bridgehead atoms. The van der Waals surface area contributed by atoms with Gasteiger partial charge in [-0.3, -0.25) is 4.68 Å². The monoisotopic (exact) mass is 402 g/mol. The van der Waals surface area contributed by atoms with E-state index in [1.165, 1.54) is 12.8 Å². The highest BCUT2D eigenvalue weighted by Gasteiger charge is 2.22. The molecule has 0 spiro atoms. The zero-order valence-electron chi connectivity index (χ0n) is 17.6. The minimum atomic E-state index is 0.543. The molecule has 4 aromatic rings. The molecule has 0 amide bonds. The summed E-state index contributed by atoms with van der Waals surface area (Å²) in [6, 6.07) is 12.8. The number of anilines is 1. The zero-order chi connectivity index (χ0) is 20.7. The molecule has 3 aromatic heterocycles. The van der Waals surface area contributed by atoms with Gasteiger partial charge in [-0.05, 0) is 50.1 Å². The Labute approximate surface area is 175 Å². The van der Waals surface area contributed by atoms with Gasteiger partial charge in [0.25, 0.3) is 0 Å². The molecule has 1 unspecified atom stereocenters. The predicted octanol–water partition coefficient (Wildman–Crippen LogP) is 3.88. The minimum absolute atomic E-state index is 0.543. The van der Waals surface area contributed by atoms with Gasteiger partial charge in [0.1, 0.15) is 22.9 Å². The molecule has 7 heteroatoms. The van der Waals surface area contributed by atoms with E-state index in [4.69, 9.17) is 14.7 Å². The molecular formula is C23H26N6O. The van der Waals surface area contributed by atoms with Gasteiger partial charge < -0.3 is 14.2 Å². The van der Waals surface area contributed by atoms with Crippen molar-refractivity contribution in [3.05, 3.63) is 54.5 Å². The van der Waals surface area contributed by atoms with E-state index in [1.54, 1.807) is 7.11 Å². The second-order valence-corrected chi connectivity index (χ2v) is 7.92. The van der Waals surface area contributed by atoms with Crippen molar-refractivity contribution in [2.45, 2.75) is 32.4 Å². The van der Waals surface area contributed by atoms with Crippen LogP contribution in [0.4, 0.5) is 5.82 Å². The largest absolute Gasteiger partial charge is 0.494 e. The van der Waals surface area contributed by atoms with Gasteiger partial charge in [-0.1, -0.05) is 6.07 Å². The lowest BCUT2D eigenvalue weighted by Crippen LogP contribution is -2.26. The number of aryl methyl sites for hydroxylation is 1. The molecule has 1 aliphatic heterocycles. The number of nitrogens with zero attached hydrogens (tertiary/aromatic N) is 6. The maximum Gasteiger partial charge on any atom is 0.144 e. The minimum Gasteiger partial charge on any atom is -0.494 e. The number of hydrogen-bond donors (Lipinski definition) is 0. The molecular weight excluding hydrogens is 376 g/mol. The number of para-hydroxylation sites is 1. The van der Waals surface area contributed by atoms with Crippen molar-refractivity contribution in [2.75, 3.05) is 18.6 Å². The van der Waals surface area contributed by atoms with Crippen LogP contribution in [0.2, 0.25) is 0 Å². The highest BCUT2D eigenvalue weighted by molar-refractivity contribution is 5.86. The third-order valence-corrected chi connectivity index (χ3v) is 5.89. The standard InChI is InChI=1S/C23H26N6O/c1-16-6-5-12-28(16)21-10-9-17(14-24-21)23-25-19-7-4-8-20(30-3)22(19)29(23)15-18-11-13-27(2)26-18/h4,7-11,13-14,16H,5-6,12,15H2,1-3H3. The second kappa shape index (κ2) is 7.48. The Hall–Kier alpha value is -3.35. The molecule has 7 nitrogen and oxygen atoms in total. The summed E-state index contributed by atoms with van der Waals surface area (Å²) < 4.78 is 9.64. The number of imidazole rings is 1. The summed E-state index contributed by atoms with van der Waals surface area (Å²) in [5.41, 5.74) is 3.83. The number of fused-ring (bicyclic) bond motifs is 1. The van der Waals surface area contributed by atoms with E-state index in [1.807, 2.05) is 48.4 Å². The smallest absolute Gasteiger partial charge is 0.144 e. The van der Waals surface area contributed by atoms with Crippen molar-refractivity contribution >= 4 is 16.9 Å². The van der Waals surface area contributed by atoms with Crippen molar-refractivity contribution in [3.8, 4) is 17.1 Å². The molecule has 5 rings (SSSR count). The van der Waals surface area contributed by atoms with Gasteiger partial charge in [0, 0.05) is 37.6 Å². The van der Waals surface area contributed by atoms with E-state index in [-0.39, 0.29) is 0 Å². The molecule has 0 saturated carbocycles. The number of aromatic nitrogens is 5. The van der Waals surface area contributed by atoms with Crippen LogP contribution in [-0.2, 0) is 13.6 Å². The van der Waals surface area contributed by atoms with Crippen LogP contribution in [0.1, 0.15) is 25.5 Å². The first-order valence-electron chi connectivity index (χ1n) is 10.4. The van der Waals surface area contributed by atoms with E-state index in [9.17, 15) is 0 Å². The van der Waals surface area contributed by atoms with Crippen LogP contribution in [0.5, 0.6) is 5.75 Å². The summed E-state index contributed by atoms with van der Waals surface area (Å²) in [5, 5.41) is 4.56. The van der Waals surface area contributed by atoms with E-state index >= 15 is 0 Å². The number of hydrogen-bond acceptors (Lipinski definition) is 5. The molecule has 1 saturated heterocycles. The van der Waals surface area contributed by atoms with Crippen LogP contribution in [0.25, 0.3) is 22.4 Å². The van der Waals surface area contributed by atoms with Crippen LogP contribution in [0.15, 0.2) is 48.8 Å². The Morgan fingerprint density at radius 3 is 2.73 bits per heavy atom. The number of pyridine rings is 1. The Kier molecular flexibility index (Phi) is 4.65. The zero-order valence-corrected chi connectivity index (χ0v) is 17.6. The Morgan fingerprint density at radius 2 is 2.07 bits per heavy atom. The first-order chi connectivity index (χ1) is 14.6. The highest BCUT2D eigenvalue weighted by atomic mass is 16.5. The number of methoxy groups -OCH3 is 1. The lowest BCUT2D eigenvalue weighted by molar-refractivity contribution is 0.417. The fourth-order valence-corrected chi connectivity index (χ4v) is 4.36. The first kappa shape index (κ1) is 18.7. The predicted molar refractivity (Wildman–Crippen MR) is 118 cm³/mol. The summed E-state index contributed by atoms with van der Waals surface area (Å²) in [6.45, 7) is 3.95. The third kappa shape index (κ3) is 3.20. The maximum absolute atomic E-state index is 5.65. The van der Waals surface area contributed by atoms with Gasteiger partial charge in [0.05, 0.1) is 24.9 Å². The van der Waals surface area contributed by atoms with E-state index in [0.29, 0.717) is 12.6 Å². The lowest BCUT2D eigenvalue weighted by atomic mass is 10.2. The molecule has 0 radical (unpaired) electrons. The number of benzene rings is 1. The second-order valence-electron chi connectivity index (χ2n) is 7.92. The molecule has 30 heavy (non-hydrogen) atoms. The van der Waals surface area contributed by atoms with Gasteiger partial charge in [-0.25, -0.2) is 9.97 Å². The van der Waals surface area contributed by atoms with Gasteiger partial charge in [-0.15, -0.1) is 0 Å². The lowest BCUT2D eigenvalue weighted by Gasteiger charge is -2.22. The summed E-state index contributed by atoms with van der Waals surface area (Å²) in [7, 11) is 3.62. The van der Waals surface area contributed by atoms with Gasteiger partial charge in [0.15, 0.2) is 0 Å². The Bertz CT molecular complexity index is 1180. The molecule has 1 fully saturated rings. The Morgan fingerprint density at radius 1 is 1.17 bits per heavy atom. The van der Waals surface area contributed by atoms with E-state index < -0.39 is 0 Å². The third-order valence-electron chi connectivity index (χ3n) is 5.89. The normalized spacial score (nSPS) is 16.5. The van der Waals surface area contributed by atoms with Gasteiger partial charge in [-0.2, -0.15) is 5.10 Å². The van der Waals surface area contributed by atoms with Crippen LogP contribution >= 0.6 is 0 Å². The molecule has 1 aliphatic rings. The van der Waals surface area contributed by atoms with Crippen molar-refractivity contribution in [1.29, 1.82) is 0 Å². The average molecular weight is 403 g/mol. The van der Waals surface area contributed by atoms with E-state index in [0.717, 1.165) is 46.2 Å². The number of ether oxygens (including phenoxy) is 1. The van der Waals surface area contributed by atoms with Crippen molar-refractivity contribution in [2.24, 2.45) is 7.05 Å². The molecule has 4 heterocycles. The van der Waals surface area contributed by atoms with Crippen LogP contribution in [0, 0.1) is 0 Å². The van der Waals surface area contributed by atoms with Crippen molar-refractivity contribution < 1.29 is 4.74 Å². The molecule has 1 atom stereocenters. The summed E-state index contributed by atoms with van der Waals surface area (Å²) in [4.78, 5) is 12.1. The molecule has 154 valence electrons. The summed E-state index contributed by atoms with van der Waals surface area (Å²) in [5.74, 6) is 2.71. The van der Waals surface area contributed by atoms with Crippen LogP contribution in [-0.4, -0.2) is 44.0 Å². The van der Waals surface area contributed by atoms with E-state index in [2.05, 4.69) is 33.6 Å². The molecule has 0 aliphatic carbocycles. The fourth-order valence-electron chi connectivity index (χ4n) is 4.36. The first-order valence-corrected chi connectivity index (χ1v) is 10.4. The summed E-state index contributed by atoms with van der Waals surface area (Å²) >= 11 is 0. The quantitative estimate of drug-likeness (QED) is 0.507. The van der Waals surface area contributed by atoms with Gasteiger partial charge in [0.2, 0.25) is 0 Å². The van der Waals surface area contributed by atoms with Gasteiger partial charge >= 0.3 is 0 Å². The van der Waals surface area contributed by atoms with Crippen molar-refractivity contribution in [3.63, 3.8) is 0 Å². The number of rotatable bonds is 5. The maximum atomic E-state index is 5.65.